The van der Waals surface area contributed by atoms with Gasteiger partial charge in [-0.2, -0.15) is 0 Å². The van der Waals surface area contributed by atoms with E-state index in [1.54, 1.807) is 7.11 Å². The van der Waals surface area contributed by atoms with Crippen LogP contribution in [0.4, 0.5) is 0 Å². The zero-order chi connectivity index (χ0) is 14.8. The van der Waals surface area contributed by atoms with Crippen LogP contribution in [0.25, 0.3) is 0 Å². The lowest BCUT2D eigenvalue weighted by atomic mass is 10.0. The lowest BCUT2D eigenvalue weighted by molar-refractivity contribution is 0.414. The van der Waals surface area contributed by atoms with Gasteiger partial charge in [0, 0.05) is 12.1 Å². The normalized spacial score (nSPS) is 18.3. The van der Waals surface area contributed by atoms with Gasteiger partial charge in [-0.15, -0.1) is 0 Å². The van der Waals surface area contributed by atoms with Gasteiger partial charge in [0.15, 0.2) is 0 Å². The van der Waals surface area contributed by atoms with E-state index in [1.807, 2.05) is 12.1 Å². The molecule has 0 spiro atoms. The topological polar surface area (TPSA) is 21.3 Å². The number of ether oxygens (including phenoxy) is 1. The molecule has 0 heterocycles. The molecule has 2 atom stereocenters. The van der Waals surface area contributed by atoms with E-state index in [0.29, 0.717) is 12.1 Å². The third kappa shape index (κ3) is 2.96. The van der Waals surface area contributed by atoms with E-state index in [4.69, 9.17) is 4.74 Å². The average Bonchev–Trinajstić information content (AvgIpc) is 2.89. The lowest BCUT2D eigenvalue weighted by Gasteiger charge is -2.21. The number of rotatable bonds is 4. The summed E-state index contributed by atoms with van der Waals surface area (Å²) in [4.78, 5) is 0. The molecule has 2 aromatic rings. The number of aryl methyl sites for hydroxylation is 2. The molecule has 2 unspecified atom stereocenters. The molecular weight excluding hydrogens is 258 g/mol. The molecule has 1 N–H and O–H groups in total. The van der Waals surface area contributed by atoms with Crippen molar-refractivity contribution in [3.05, 3.63) is 64.7 Å². The Balaban J connectivity index is 1.74. The van der Waals surface area contributed by atoms with Crippen molar-refractivity contribution in [2.24, 2.45) is 0 Å². The molecule has 0 radical (unpaired) electrons. The zero-order valence-electron chi connectivity index (χ0n) is 13.0. The summed E-state index contributed by atoms with van der Waals surface area (Å²) in [5.41, 5.74) is 5.63. The highest BCUT2D eigenvalue weighted by atomic mass is 16.5. The summed E-state index contributed by atoms with van der Waals surface area (Å²) in [7, 11) is 1.70. The van der Waals surface area contributed by atoms with Gasteiger partial charge in [0.05, 0.1) is 7.11 Å². The molecule has 0 amide bonds. The highest BCUT2D eigenvalue weighted by molar-refractivity contribution is 5.38. The minimum absolute atomic E-state index is 0.340. The van der Waals surface area contributed by atoms with Crippen LogP contribution >= 0.6 is 0 Å². The van der Waals surface area contributed by atoms with Crippen molar-refractivity contribution >= 4 is 0 Å². The van der Waals surface area contributed by atoms with Crippen LogP contribution < -0.4 is 10.1 Å². The first-order valence-corrected chi connectivity index (χ1v) is 7.67. The quantitative estimate of drug-likeness (QED) is 0.900. The predicted molar refractivity (Wildman–Crippen MR) is 86.8 cm³/mol. The van der Waals surface area contributed by atoms with Crippen LogP contribution in [-0.2, 0) is 6.42 Å². The highest BCUT2D eigenvalue weighted by Crippen LogP contribution is 2.33. The summed E-state index contributed by atoms with van der Waals surface area (Å²) in [5.74, 6) is 0.910. The summed E-state index contributed by atoms with van der Waals surface area (Å²) in [6, 6.07) is 16.0. The second kappa shape index (κ2) is 5.90. The number of benzene rings is 2. The molecule has 0 aliphatic heterocycles. The first-order chi connectivity index (χ1) is 10.2. The second-order valence-corrected chi connectivity index (χ2v) is 5.96. The molecule has 1 aliphatic carbocycles. The maximum absolute atomic E-state index is 5.22. The molecule has 2 aromatic carbocycles. The van der Waals surface area contributed by atoms with Crippen molar-refractivity contribution in [1.29, 1.82) is 0 Å². The first kappa shape index (κ1) is 14.2. The van der Waals surface area contributed by atoms with E-state index >= 15 is 0 Å². The molecule has 0 aromatic heterocycles. The van der Waals surface area contributed by atoms with E-state index in [1.165, 1.54) is 35.1 Å². The molecule has 110 valence electrons. The molecule has 0 saturated heterocycles. The van der Waals surface area contributed by atoms with E-state index in [2.05, 4.69) is 49.5 Å². The van der Waals surface area contributed by atoms with Gasteiger partial charge in [-0.1, -0.05) is 35.9 Å². The smallest absolute Gasteiger partial charge is 0.118 e. The Labute approximate surface area is 127 Å². The fraction of sp³-hybridized carbons (Fsp3) is 0.368. The monoisotopic (exact) mass is 281 g/mol. The molecule has 0 saturated carbocycles. The van der Waals surface area contributed by atoms with Gasteiger partial charge in [0.1, 0.15) is 5.75 Å². The Kier molecular flexibility index (Phi) is 3.98. The van der Waals surface area contributed by atoms with E-state index in [9.17, 15) is 0 Å². The molecule has 21 heavy (non-hydrogen) atoms. The van der Waals surface area contributed by atoms with Crippen molar-refractivity contribution in [2.75, 3.05) is 7.11 Å². The summed E-state index contributed by atoms with van der Waals surface area (Å²) >= 11 is 0. The van der Waals surface area contributed by atoms with Gasteiger partial charge in [0.2, 0.25) is 0 Å². The van der Waals surface area contributed by atoms with Crippen LogP contribution in [0.15, 0.2) is 42.5 Å². The van der Waals surface area contributed by atoms with E-state index in [0.717, 1.165) is 5.75 Å². The molecule has 2 nitrogen and oxygen atoms in total. The van der Waals surface area contributed by atoms with Crippen LogP contribution in [0, 0.1) is 6.92 Å². The number of methoxy groups -OCH3 is 1. The molecule has 0 bridgehead atoms. The van der Waals surface area contributed by atoms with Crippen LogP contribution in [-0.4, -0.2) is 7.11 Å². The van der Waals surface area contributed by atoms with Crippen LogP contribution in [0.5, 0.6) is 5.75 Å². The van der Waals surface area contributed by atoms with Crippen molar-refractivity contribution in [3.8, 4) is 5.75 Å². The molecule has 3 rings (SSSR count). The standard InChI is InChI=1S/C19H23NO/c1-13-4-5-16-8-11-19(18(16)12-13)20-14(2)15-6-9-17(21-3)10-7-15/h4-7,9-10,12,14,19-20H,8,11H2,1-3H3. The number of fused-ring (bicyclic) bond motifs is 1. The maximum Gasteiger partial charge on any atom is 0.118 e. The van der Waals surface area contributed by atoms with Crippen LogP contribution in [0.2, 0.25) is 0 Å². The fourth-order valence-corrected chi connectivity index (χ4v) is 3.19. The Morgan fingerprint density at radius 1 is 1.14 bits per heavy atom. The largest absolute Gasteiger partial charge is 0.497 e. The Morgan fingerprint density at radius 3 is 2.62 bits per heavy atom. The molecule has 2 heteroatoms. The third-order valence-corrected chi connectivity index (χ3v) is 4.45. The van der Waals surface area contributed by atoms with Gasteiger partial charge >= 0.3 is 0 Å². The van der Waals surface area contributed by atoms with E-state index in [-0.39, 0.29) is 0 Å². The lowest BCUT2D eigenvalue weighted by Crippen LogP contribution is -2.23. The predicted octanol–water partition coefficient (Wildman–Crippen LogP) is 4.34. The minimum atomic E-state index is 0.340. The average molecular weight is 281 g/mol. The zero-order valence-corrected chi connectivity index (χ0v) is 13.0. The van der Waals surface area contributed by atoms with Crippen molar-refractivity contribution in [2.45, 2.75) is 38.8 Å². The van der Waals surface area contributed by atoms with Crippen molar-refractivity contribution in [3.63, 3.8) is 0 Å². The second-order valence-electron chi connectivity index (χ2n) is 5.96. The van der Waals surface area contributed by atoms with Gasteiger partial charge in [-0.25, -0.2) is 0 Å². The minimum Gasteiger partial charge on any atom is -0.497 e. The maximum atomic E-state index is 5.22. The van der Waals surface area contributed by atoms with Crippen molar-refractivity contribution in [1.82, 2.24) is 5.32 Å². The van der Waals surface area contributed by atoms with E-state index < -0.39 is 0 Å². The number of hydrogen-bond donors (Lipinski definition) is 1. The molecular formula is C19H23NO. The summed E-state index contributed by atoms with van der Waals surface area (Å²) in [6.07, 6.45) is 2.38. The Morgan fingerprint density at radius 2 is 1.90 bits per heavy atom. The third-order valence-electron chi connectivity index (χ3n) is 4.45. The van der Waals surface area contributed by atoms with Gasteiger partial charge in [-0.05, 0) is 55.5 Å². The fourth-order valence-electron chi connectivity index (χ4n) is 3.19. The van der Waals surface area contributed by atoms with Crippen LogP contribution in [0.1, 0.15) is 47.7 Å². The summed E-state index contributed by atoms with van der Waals surface area (Å²) in [5, 5.41) is 3.78. The van der Waals surface area contributed by atoms with Gasteiger partial charge < -0.3 is 10.1 Å². The number of hydrogen-bond acceptors (Lipinski definition) is 2. The summed E-state index contributed by atoms with van der Waals surface area (Å²) in [6.45, 7) is 4.40. The van der Waals surface area contributed by atoms with Gasteiger partial charge in [0.25, 0.3) is 0 Å². The Bertz CT molecular complexity index is 618. The molecule has 0 fully saturated rings. The van der Waals surface area contributed by atoms with Crippen molar-refractivity contribution < 1.29 is 4.74 Å². The van der Waals surface area contributed by atoms with Gasteiger partial charge in [-0.3, -0.25) is 0 Å². The SMILES string of the molecule is COc1ccc(C(C)NC2CCc3ccc(C)cc32)cc1. The van der Waals surface area contributed by atoms with Crippen LogP contribution in [0.3, 0.4) is 0 Å². The summed E-state index contributed by atoms with van der Waals surface area (Å²) < 4.78 is 5.22. The Hall–Kier alpha value is -1.80. The molecule has 1 aliphatic rings. The first-order valence-electron chi connectivity index (χ1n) is 7.67. The number of nitrogens with one attached hydrogen (secondary N) is 1. The highest BCUT2D eigenvalue weighted by Gasteiger charge is 2.23.